The molecule has 1 aromatic carbocycles. The van der Waals surface area contributed by atoms with Crippen molar-refractivity contribution in [2.24, 2.45) is 0 Å². The van der Waals surface area contributed by atoms with Crippen molar-refractivity contribution >= 4 is 0 Å². The number of aryl methyl sites for hydroxylation is 1. The van der Waals surface area contributed by atoms with E-state index in [-0.39, 0.29) is 0 Å². The van der Waals surface area contributed by atoms with Gasteiger partial charge in [0.25, 0.3) is 0 Å². The highest BCUT2D eigenvalue weighted by atomic mass is 15.1. The molecule has 1 saturated heterocycles. The van der Waals surface area contributed by atoms with Crippen LogP contribution in [0.15, 0.2) is 42.5 Å². The summed E-state index contributed by atoms with van der Waals surface area (Å²) in [6.45, 7) is 4.47. The average molecular weight is 266 g/mol. The van der Waals surface area contributed by atoms with Gasteiger partial charge in [-0.25, -0.2) is 0 Å². The number of hydrogen-bond acceptors (Lipinski definition) is 2. The van der Waals surface area contributed by atoms with Crippen LogP contribution in [0.4, 0.5) is 0 Å². The zero-order valence-electron chi connectivity index (χ0n) is 12.3. The van der Waals surface area contributed by atoms with E-state index in [9.17, 15) is 0 Å². The molecule has 104 valence electrons. The zero-order valence-corrected chi connectivity index (χ0v) is 12.3. The summed E-state index contributed by atoms with van der Waals surface area (Å²) in [5.74, 6) is 0.582. The minimum absolute atomic E-state index is 0.582. The fourth-order valence-electron chi connectivity index (χ4n) is 3.05. The van der Waals surface area contributed by atoms with Gasteiger partial charge >= 0.3 is 0 Å². The molecule has 0 bridgehead atoms. The molecule has 0 aliphatic carbocycles. The van der Waals surface area contributed by atoms with Crippen LogP contribution in [0.3, 0.4) is 0 Å². The maximum absolute atomic E-state index is 4.92. The third-order valence-corrected chi connectivity index (χ3v) is 4.13. The topological polar surface area (TPSA) is 16.1 Å². The highest BCUT2D eigenvalue weighted by Gasteiger charge is 2.20. The molecule has 0 N–H and O–H groups in total. The van der Waals surface area contributed by atoms with Crippen LogP contribution < -0.4 is 0 Å². The molecule has 1 aliphatic heterocycles. The van der Waals surface area contributed by atoms with E-state index in [1.165, 1.54) is 36.2 Å². The van der Waals surface area contributed by atoms with Crippen LogP contribution in [-0.2, 0) is 0 Å². The molecule has 2 heteroatoms. The Bertz CT molecular complexity index is 591. The lowest BCUT2D eigenvalue weighted by atomic mass is 9.94. The van der Waals surface area contributed by atoms with Gasteiger partial charge in [-0.15, -0.1) is 0 Å². The minimum atomic E-state index is 0.582. The number of piperidine rings is 1. The molecule has 3 rings (SSSR count). The van der Waals surface area contributed by atoms with Gasteiger partial charge < -0.3 is 4.90 Å². The standard InChI is InChI=1S/C18H22N2/c1-14-6-3-7-15(12-14)17-9-4-10-18(19-17)16-8-5-11-20(2)13-16/h3-4,6-7,9-10,12,16H,5,8,11,13H2,1-2H3. The Morgan fingerprint density at radius 2 is 2.00 bits per heavy atom. The summed E-state index contributed by atoms with van der Waals surface area (Å²) >= 11 is 0. The van der Waals surface area contributed by atoms with Crippen LogP contribution in [0.5, 0.6) is 0 Å². The van der Waals surface area contributed by atoms with Crippen molar-refractivity contribution in [1.82, 2.24) is 9.88 Å². The number of pyridine rings is 1. The van der Waals surface area contributed by atoms with Crippen LogP contribution in [-0.4, -0.2) is 30.0 Å². The second-order valence-electron chi connectivity index (χ2n) is 5.92. The number of rotatable bonds is 2. The first-order valence-electron chi connectivity index (χ1n) is 7.45. The Kier molecular flexibility index (Phi) is 3.83. The number of likely N-dealkylation sites (tertiary alicyclic amines) is 1. The van der Waals surface area contributed by atoms with Gasteiger partial charge in [0.05, 0.1) is 5.69 Å². The zero-order chi connectivity index (χ0) is 13.9. The number of likely N-dealkylation sites (N-methyl/N-ethyl adjacent to an activating group) is 1. The van der Waals surface area contributed by atoms with Gasteiger partial charge in [0.15, 0.2) is 0 Å². The molecule has 1 atom stereocenters. The maximum atomic E-state index is 4.92. The molecule has 1 aromatic heterocycles. The van der Waals surface area contributed by atoms with Gasteiger partial charge in [-0.3, -0.25) is 4.98 Å². The van der Waals surface area contributed by atoms with Crippen molar-refractivity contribution in [3.63, 3.8) is 0 Å². The van der Waals surface area contributed by atoms with Gasteiger partial charge in [0.2, 0.25) is 0 Å². The lowest BCUT2D eigenvalue weighted by molar-refractivity contribution is 0.248. The van der Waals surface area contributed by atoms with E-state index < -0.39 is 0 Å². The van der Waals surface area contributed by atoms with Crippen molar-refractivity contribution in [3.05, 3.63) is 53.7 Å². The summed E-state index contributed by atoms with van der Waals surface area (Å²) in [5.41, 5.74) is 4.85. The largest absolute Gasteiger partial charge is 0.306 e. The summed E-state index contributed by atoms with van der Waals surface area (Å²) < 4.78 is 0. The van der Waals surface area contributed by atoms with Crippen molar-refractivity contribution in [2.75, 3.05) is 20.1 Å². The summed E-state index contributed by atoms with van der Waals surface area (Å²) in [6, 6.07) is 15.0. The summed E-state index contributed by atoms with van der Waals surface area (Å²) in [5, 5.41) is 0. The van der Waals surface area contributed by atoms with Crippen molar-refractivity contribution < 1.29 is 0 Å². The highest BCUT2D eigenvalue weighted by molar-refractivity contribution is 5.60. The fourth-order valence-corrected chi connectivity index (χ4v) is 3.05. The van der Waals surface area contributed by atoms with E-state index in [0.717, 1.165) is 12.2 Å². The molecule has 0 spiro atoms. The normalized spacial score (nSPS) is 20.0. The van der Waals surface area contributed by atoms with Crippen LogP contribution >= 0.6 is 0 Å². The first-order valence-corrected chi connectivity index (χ1v) is 7.45. The lowest BCUT2D eigenvalue weighted by Crippen LogP contribution is -2.31. The molecule has 1 unspecified atom stereocenters. The molecule has 20 heavy (non-hydrogen) atoms. The maximum Gasteiger partial charge on any atom is 0.0705 e. The van der Waals surface area contributed by atoms with E-state index in [1.807, 2.05) is 0 Å². The first-order chi connectivity index (χ1) is 9.72. The minimum Gasteiger partial charge on any atom is -0.306 e. The van der Waals surface area contributed by atoms with Gasteiger partial charge in [-0.05, 0) is 51.6 Å². The second kappa shape index (κ2) is 5.76. The van der Waals surface area contributed by atoms with Crippen LogP contribution in [0.1, 0.15) is 30.0 Å². The number of aromatic nitrogens is 1. The van der Waals surface area contributed by atoms with Crippen LogP contribution in [0.25, 0.3) is 11.3 Å². The Balaban J connectivity index is 1.89. The molecule has 1 fully saturated rings. The summed E-state index contributed by atoms with van der Waals surface area (Å²) in [6.07, 6.45) is 2.53. The van der Waals surface area contributed by atoms with Crippen molar-refractivity contribution in [3.8, 4) is 11.3 Å². The molecular formula is C18H22N2. The first kappa shape index (κ1) is 13.3. The molecular weight excluding hydrogens is 244 g/mol. The van der Waals surface area contributed by atoms with E-state index in [1.54, 1.807) is 0 Å². The van der Waals surface area contributed by atoms with Gasteiger partial charge in [-0.1, -0.05) is 29.8 Å². The van der Waals surface area contributed by atoms with Gasteiger partial charge in [-0.2, -0.15) is 0 Å². The highest BCUT2D eigenvalue weighted by Crippen LogP contribution is 2.27. The van der Waals surface area contributed by atoms with Crippen molar-refractivity contribution in [2.45, 2.75) is 25.7 Å². The average Bonchev–Trinajstić information content (AvgIpc) is 2.47. The van der Waals surface area contributed by atoms with E-state index >= 15 is 0 Å². The predicted octanol–water partition coefficient (Wildman–Crippen LogP) is 3.87. The molecule has 2 nitrogen and oxygen atoms in total. The smallest absolute Gasteiger partial charge is 0.0705 e. The Hall–Kier alpha value is -1.67. The Morgan fingerprint density at radius 1 is 1.15 bits per heavy atom. The third kappa shape index (κ3) is 2.91. The Labute approximate surface area is 121 Å². The van der Waals surface area contributed by atoms with Crippen LogP contribution in [0, 0.1) is 6.92 Å². The summed E-state index contributed by atoms with van der Waals surface area (Å²) in [7, 11) is 2.20. The second-order valence-corrected chi connectivity index (χ2v) is 5.92. The lowest BCUT2D eigenvalue weighted by Gasteiger charge is -2.29. The van der Waals surface area contributed by atoms with Crippen molar-refractivity contribution in [1.29, 1.82) is 0 Å². The Morgan fingerprint density at radius 3 is 2.80 bits per heavy atom. The van der Waals surface area contributed by atoms with Crippen LogP contribution in [0.2, 0.25) is 0 Å². The quantitative estimate of drug-likeness (QED) is 0.820. The molecule has 0 amide bonds. The number of nitrogens with zero attached hydrogens (tertiary/aromatic N) is 2. The van der Waals surface area contributed by atoms with E-state index in [4.69, 9.17) is 4.98 Å². The van der Waals surface area contributed by atoms with Gasteiger partial charge in [0, 0.05) is 23.7 Å². The third-order valence-electron chi connectivity index (χ3n) is 4.13. The molecule has 1 aliphatic rings. The molecule has 2 aromatic rings. The fraction of sp³-hybridized carbons (Fsp3) is 0.389. The monoisotopic (exact) mass is 266 g/mol. The molecule has 0 radical (unpaired) electrons. The van der Waals surface area contributed by atoms with E-state index in [0.29, 0.717) is 5.92 Å². The summed E-state index contributed by atoms with van der Waals surface area (Å²) in [4.78, 5) is 7.33. The predicted molar refractivity (Wildman–Crippen MR) is 83.9 cm³/mol. The van der Waals surface area contributed by atoms with Gasteiger partial charge in [0.1, 0.15) is 0 Å². The van der Waals surface area contributed by atoms with E-state index in [2.05, 4.69) is 61.3 Å². The number of benzene rings is 1. The molecule has 0 saturated carbocycles. The molecule has 2 heterocycles. The SMILES string of the molecule is Cc1cccc(-c2cccc(C3CCCN(C)C3)n2)c1. The number of hydrogen-bond donors (Lipinski definition) is 0.